The fourth-order valence-electron chi connectivity index (χ4n) is 2.81. The first-order valence-corrected chi connectivity index (χ1v) is 7.72. The van der Waals surface area contributed by atoms with Crippen molar-refractivity contribution in [2.24, 2.45) is 0 Å². The fraction of sp³-hybridized carbons (Fsp3) is 0.688. The molecule has 1 fully saturated rings. The molecule has 21 heavy (non-hydrogen) atoms. The van der Waals surface area contributed by atoms with E-state index in [-0.39, 0.29) is 18.3 Å². The normalized spacial score (nSPS) is 22.2. The number of nitrogens with one attached hydrogen (secondary N) is 1. The van der Waals surface area contributed by atoms with Gasteiger partial charge in [0.25, 0.3) is 0 Å². The molecule has 2 rings (SSSR count). The zero-order chi connectivity index (χ0) is 15.3. The maximum Gasteiger partial charge on any atom is 0.0940 e. The number of aliphatic hydroxyl groups is 1. The number of pyridine rings is 1. The molecule has 0 spiro atoms. The highest BCUT2D eigenvalue weighted by Crippen LogP contribution is 2.22. The first-order valence-electron chi connectivity index (χ1n) is 7.72. The Kier molecular flexibility index (Phi) is 5.56. The number of hydrogen-bond acceptors (Lipinski definition) is 5. The maximum absolute atomic E-state index is 9.37. The van der Waals surface area contributed by atoms with Crippen LogP contribution in [0.15, 0.2) is 18.3 Å². The maximum atomic E-state index is 9.37. The summed E-state index contributed by atoms with van der Waals surface area (Å²) in [5.74, 6) is 0. The molecule has 0 amide bonds. The highest BCUT2D eigenvalue weighted by molar-refractivity contribution is 5.43. The minimum Gasteiger partial charge on any atom is -0.394 e. The third kappa shape index (κ3) is 4.95. The lowest BCUT2D eigenvalue weighted by Crippen LogP contribution is -2.53. The van der Waals surface area contributed by atoms with Crippen LogP contribution in [0.5, 0.6) is 0 Å². The van der Waals surface area contributed by atoms with E-state index >= 15 is 0 Å². The first kappa shape index (κ1) is 16.2. The van der Waals surface area contributed by atoms with Crippen molar-refractivity contribution in [1.82, 2.24) is 9.88 Å². The number of aromatic nitrogens is 1. The van der Waals surface area contributed by atoms with Gasteiger partial charge in [-0.1, -0.05) is 6.92 Å². The lowest BCUT2D eigenvalue weighted by molar-refractivity contribution is -0.150. The second kappa shape index (κ2) is 7.20. The Labute approximate surface area is 127 Å². The van der Waals surface area contributed by atoms with Crippen LogP contribution >= 0.6 is 0 Å². The molecule has 0 radical (unpaired) electrons. The lowest BCUT2D eigenvalue weighted by atomic mass is 10.0. The van der Waals surface area contributed by atoms with Gasteiger partial charge in [-0.15, -0.1) is 0 Å². The van der Waals surface area contributed by atoms with E-state index in [4.69, 9.17) is 4.74 Å². The average Bonchev–Trinajstić information content (AvgIpc) is 2.43. The first-order chi connectivity index (χ1) is 10.0. The summed E-state index contributed by atoms with van der Waals surface area (Å²) in [4.78, 5) is 6.76. The molecule has 0 saturated carbocycles. The number of nitrogens with zero attached hydrogens (tertiary/aromatic N) is 2. The smallest absolute Gasteiger partial charge is 0.0940 e. The molecule has 1 atom stereocenters. The highest BCUT2D eigenvalue weighted by Gasteiger charge is 2.33. The Morgan fingerprint density at radius 3 is 3.05 bits per heavy atom. The van der Waals surface area contributed by atoms with Crippen molar-refractivity contribution in [3.05, 3.63) is 24.0 Å². The molecule has 5 nitrogen and oxygen atoms in total. The second-order valence-electron chi connectivity index (χ2n) is 6.31. The van der Waals surface area contributed by atoms with Crippen LogP contribution in [0.4, 0.5) is 5.69 Å². The molecule has 0 aromatic carbocycles. The van der Waals surface area contributed by atoms with Crippen molar-refractivity contribution >= 4 is 5.69 Å². The topological polar surface area (TPSA) is 57.6 Å². The Morgan fingerprint density at radius 1 is 1.52 bits per heavy atom. The van der Waals surface area contributed by atoms with Crippen molar-refractivity contribution in [1.29, 1.82) is 0 Å². The molecule has 1 aliphatic rings. The molecule has 0 aliphatic carbocycles. The summed E-state index contributed by atoms with van der Waals surface area (Å²) in [6, 6.07) is 4.10. The predicted molar refractivity (Wildman–Crippen MR) is 84.3 cm³/mol. The number of morpholine rings is 1. The number of aliphatic hydroxyl groups excluding tert-OH is 1. The summed E-state index contributed by atoms with van der Waals surface area (Å²) >= 11 is 0. The third-order valence-corrected chi connectivity index (χ3v) is 3.54. The van der Waals surface area contributed by atoms with Crippen LogP contribution in [0.25, 0.3) is 0 Å². The van der Waals surface area contributed by atoms with Crippen molar-refractivity contribution in [3.8, 4) is 0 Å². The van der Waals surface area contributed by atoms with E-state index in [0.29, 0.717) is 0 Å². The summed E-state index contributed by atoms with van der Waals surface area (Å²) in [5.41, 5.74) is 1.93. The highest BCUT2D eigenvalue weighted by atomic mass is 16.5. The molecule has 1 aromatic rings. The van der Waals surface area contributed by atoms with Gasteiger partial charge in [-0.3, -0.25) is 9.88 Å². The van der Waals surface area contributed by atoms with E-state index in [1.165, 1.54) is 0 Å². The molecule has 1 unspecified atom stereocenters. The Balaban J connectivity index is 2.00. The summed E-state index contributed by atoms with van der Waals surface area (Å²) in [7, 11) is 0. The fourth-order valence-corrected chi connectivity index (χ4v) is 2.81. The Morgan fingerprint density at radius 2 is 2.33 bits per heavy atom. The van der Waals surface area contributed by atoms with Crippen molar-refractivity contribution < 1.29 is 9.84 Å². The summed E-state index contributed by atoms with van der Waals surface area (Å²) < 4.78 is 5.84. The molecule has 1 aliphatic heterocycles. The molecule has 5 heteroatoms. The zero-order valence-electron chi connectivity index (χ0n) is 13.3. The Bertz CT molecular complexity index is 451. The minimum atomic E-state index is -0.232. The number of rotatable bonds is 6. The quantitative estimate of drug-likeness (QED) is 0.838. The van der Waals surface area contributed by atoms with Gasteiger partial charge in [-0.25, -0.2) is 0 Å². The third-order valence-electron chi connectivity index (χ3n) is 3.54. The summed E-state index contributed by atoms with van der Waals surface area (Å²) in [6.07, 6.45) is 2.84. The van der Waals surface area contributed by atoms with Gasteiger partial charge < -0.3 is 15.2 Å². The van der Waals surface area contributed by atoms with Crippen LogP contribution in [-0.4, -0.2) is 52.9 Å². The number of ether oxygens (including phenoxy) is 1. The molecule has 2 heterocycles. The van der Waals surface area contributed by atoms with Crippen LogP contribution in [-0.2, 0) is 11.3 Å². The molecule has 0 bridgehead atoms. The zero-order valence-corrected chi connectivity index (χ0v) is 13.3. The Hall–Kier alpha value is -1.17. The van der Waals surface area contributed by atoms with Crippen molar-refractivity contribution in [3.63, 3.8) is 0 Å². The molecule has 118 valence electrons. The van der Waals surface area contributed by atoms with Gasteiger partial charge in [0.2, 0.25) is 0 Å². The predicted octanol–water partition coefficient (Wildman–Crippen LogP) is 1.88. The van der Waals surface area contributed by atoms with Crippen LogP contribution in [0.1, 0.15) is 32.9 Å². The second-order valence-corrected chi connectivity index (χ2v) is 6.31. The monoisotopic (exact) mass is 293 g/mol. The molecule has 2 N–H and O–H groups in total. The standard InChI is InChI=1S/C16H27N3O2/c1-4-6-17-13-5-7-18-14(8-13)9-19-10-15(11-20)21-16(2,3)12-19/h5,7-8,15,20H,4,6,9-12H2,1-3H3,(H,17,18). The molecular weight excluding hydrogens is 266 g/mol. The molecular formula is C16H27N3O2. The average molecular weight is 293 g/mol. The summed E-state index contributed by atoms with van der Waals surface area (Å²) in [6.45, 7) is 9.69. The van der Waals surface area contributed by atoms with E-state index in [1.54, 1.807) is 0 Å². The molecule has 1 aromatic heterocycles. The SMILES string of the molecule is CCCNc1ccnc(CN2CC(CO)OC(C)(C)C2)c1. The van der Waals surface area contributed by atoms with E-state index in [9.17, 15) is 5.11 Å². The van der Waals surface area contributed by atoms with E-state index in [0.717, 1.165) is 44.0 Å². The minimum absolute atomic E-state index is 0.0610. The molecule has 1 saturated heterocycles. The van der Waals surface area contributed by atoms with Gasteiger partial charge in [0.05, 0.1) is 24.0 Å². The number of hydrogen-bond donors (Lipinski definition) is 2. The number of anilines is 1. The van der Waals surface area contributed by atoms with Gasteiger partial charge in [0, 0.05) is 38.1 Å². The lowest BCUT2D eigenvalue weighted by Gasteiger charge is -2.42. The van der Waals surface area contributed by atoms with Crippen LogP contribution in [0, 0.1) is 0 Å². The van der Waals surface area contributed by atoms with Gasteiger partial charge >= 0.3 is 0 Å². The van der Waals surface area contributed by atoms with Gasteiger partial charge in [-0.05, 0) is 32.4 Å². The van der Waals surface area contributed by atoms with E-state index in [2.05, 4.69) is 42.0 Å². The van der Waals surface area contributed by atoms with E-state index < -0.39 is 0 Å². The van der Waals surface area contributed by atoms with Crippen LogP contribution in [0.3, 0.4) is 0 Å². The van der Waals surface area contributed by atoms with Crippen molar-refractivity contribution in [2.45, 2.75) is 45.4 Å². The van der Waals surface area contributed by atoms with Crippen LogP contribution < -0.4 is 5.32 Å². The van der Waals surface area contributed by atoms with Gasteiger partial charge in [-0.2, -0.15) is 0 Å². The van der Waals surface area contributed by atoms with E-state index in [1.807, 2.05) is 12.3 Å². The van der Waals surface area contributed by atoms with Gasteiger partial charge in [0.15, 0.2) is 0 Å². The van der Waals surface area contributed by atoms with Gasteiger partial charge in [0.1, 0.15) is 0 Å². The largest absolute Gasteiger partial charge is 0.394 e. The van der Waals surface area contributed by atoms with Crippen molar-refractivity contribution in [2.75, 3.05) is 31.6 Å². The summed E-state index contributed by atoms with van der Waals surface area (Å²) in [5, 5.41) is 12.8. The van der Waals surface area contributed by atoms with Crippen LogP contribution in [0.2, 0.25) is 0 Å².